The summed E-state index contributed by atoms with van der Waals surface area (Å²) in [6, 6.07) is 0. The van der Waals surface area contributed by atoms with Crippen molar-refractivity contribution in [1.29, 1.82) is 0 Å². The van der Waals surface area contributed by atoms with Gasteiger partial charge in [-0.1, -0.05) is 32.6 Å². The van der Waals surface area contributed by atoms with Crippen LogP contribution >= 0.6 is 0 Å². The van der Waals surface area contributed by atoms with Gasteiger partial charge < -0.3 is 4.74 Å². The average Bonchev–Trinajstić information content (AvgIpc) is 2.40. The van der Waals surface area contributed by atoms with Gasteiger partial charge in [-0.05, 0) is 56.3 Å². The molecule has 0 spiro atoms. The number of hydrogen-bond donors (Lipinski definition) is 0. The minimum Gasteiger partial charge on any atom is -0.381 e. The molecule has 0 saturated heterocycles. The molecule has 2 saturated carbocycles. The summed E-state index contributed by atoms with van der Waals surface area (Å²) in [4.78, 5) is 0. The maximum absolute atomic E-state index is 5.48. The Balaban J connectivity index is 1.70. The maximum Gasteiger partial charge on any atom is 0.0571 e. The van der Waals surface area contributed by atoms with E-state index in [1.54, 1.807) is 0 Å². The van der Waals surface area contributed by atoms with Crippen LogP contribution in [-0.4, -0.2) is 13.2 Å². The fourth-order valence-corrected chi connectivity index (χ4v) is 4.15. The number of ether oxygens (including phenoxy) is 1. The van der Waals surface area contributed by atoms with Crippen LogP contribution in [-0.2, 0) is 4.74 Å². The van der Waals surface area contributed by atoms with Crippen molar-refractivity contribution in [2.45, 2.75) is 77.2 Å². The maximum atomic E-state index is 5.48. The van der Waals surface area contributed by atoms with E-state index in [2.05, 4.69) is 6.92 Å². The Hall–Kier alpha value is -0.0400. The molecule has 100 valence electrons. The second kappa shape index (κ2) is 6.78. The minimum absolute atomic E-state index is 0.572. The highest BCUT2D eigenvalue weighted by atomic mass is 16.5. The van der Waals surface area contributed by atoms with Crippen LogP contribution in [0.15, 0.2) is 0 Å². The van der Waals surface area contributed by atoms with Gasteiger partial charge in [0.25, 0.3) is 0 Å². The predicted molar refractivity (Wildman–Crippen MR) is 73.1 cm³/mol. The van der Waals surface area contributed by atoms with E-state index < -0.39 is 0 Å². The third kappa shape index (κ3) is 3.71. The molecule has 0 aromatic carbocycles. The zero-order valence-electron chi connectivity index (χ0n) is 11.8. The summed E-state index contributed by atoms with van der Waals surface area (Å²) < 4.78 is 5.48. The Kier molecular flexibility index (Phi) is 5.34. The lowest BCUT2D eigenvalue weighted by atomic mass is 9.70. The standard InChI is InChI=1S/C16H30O/c1-3-4-13-5-7-14(8-6-13)15-9-11-16(17-2)12-10-15/h13-16H,3-12H2,1-2H3/t13-,14-,15?,16?. The zero-order chi connectivity index (χ0) is 12.1. The molecule has 1 nitrogen and oxygen atoms in total. The summed E-state index contributed by atoms with van der Waals surface area (Å²) >= 11 is 0. The second-order valence-corrected chi connectivity index (χ2v) is 6.34. The van der Waals surface area contributed by atoms with Crippen molar-refractivity contribution in [1.82, 2.24) is 0 Å². The van der Waals surface area contributed by atoms with Crippen LogP contribution in [0.5, 0.6) is 0 Å². The Morgan fingerprint density at radius 3 is 1.82 bits per heavy atom. The van der Waals surface area contributed by atoms with Gasteiger partial charge in [-0.3, -0.25) is 0 Å². The normalized spacial score (nSPS) is 39.2. The fraction of sp³-hybridized carbons (Fsp3) is 1.00. The number of rotatable bonds is 4. The number of hydrogen-bond acceptors (Lipinski definition) is 1. The molecule has 0 atom stereocenters. The van der Waals surface area contributed by atoms with Crippen LogP contribution in [0.1, 0.15) is 71.1 Å². The molecular formula is C16H30O. The highest BCUT2D eigenvalue weighted by Gasteiger charge is 2.30. The van der Waals surface area contributed by atoms with Crippen LogP contribution in [0.4, 0.5) is 0 Å². The van der Waals surface area contributed by atoms with Crippen molar-refractivity contribution in [3.63, 3.8) is 0 Å². The summed E-state index contributed by atoms with van der Waals surface area (Å²) in [6.45, 7) is 2.33. The lowest BCUT2D eigenvalue weighted by Crippen LogP contribution is -2.28. The Morgan fingerprint density at radius 1 is 0.824 bits per heavy atom. The molecule has 0 aromatic heterocycles. The molecule has 0 amide bonds. The third-order valence-electron chi connectivity index (χ3n) is 5.31. The lowest BCUT2D eigenvalue weighted by Gasteiger charge is -2.37. The van der Waals surface area contributed by atoms with Gasteiger partial charge in [0.05, 0.1) is 6.10 Å². The first kappa shape index (κ1) is 13.4. The van der Waals surface area contributed by atoms with Crippen LogP contribution in [0.3, 0.4) is 0 Å². The Morgan fingerprint density at radius 2 is 1.35 bits per heavy atom. The Bertz CT molecular complexity index is 198. The molecule has 2 fully saturated rings. The van der Waals surface area contributed by atoms with Crippen molar-refractivity contribution in [3.05, 3.63) is 0 Å². The summed E-state index contributed by atoms with van der Waals surface area (Å²) in [6.07, 6.45) is 15.0. The topological polar surface area (TPSA) is 9.23 Å². The smallest absolute Gasteiger partial charge is 0.0571 e. The van der Waals surface area contributed by atoms with Crippen LogP contribution in [0.2, 0.25) is 0 Å². The molecular weight excluding hydrogens is 208 g/mol. The van der Waals surface area contributed by atoms with Gasteiger partial charge in [0, 0.05) is 7.11 Å². The largest absolute Gasteiger partial charge is 0.381 e. The summed E-state index contributed by atoms with van der Waals surface area (Å²) in [5.74, 6) is 3.15. The molecule has 1 heteroatoms. The van der Waals surface area contributed by atoms with E-state index in [1.165, 1.54) is 64.2 Å². The molecule has 2 aliphatic carbocycles. The quantitative estimate of drug-likeness (QED) is 0.683. The molecule has 0 aromatic rings. The van der Waals surface area contributed by atoms with Crippen LogP contribution in [0, 0.1) is 17.8 Å². The first-order valence-electron chi connectivity index (χ1n) is 7.86. The Labute approximate surface area is 107 Å². The van der Waals surface area contributed by atoms with Crippen molar-refractivity contribution >= 4 is 0 Å². The van der Waals surface area contributed by atoms with E-state index >= 15 is 0 Å². The molecule has 17 heavy (non-hydrogen) atoms. The van der Waals surface area contributed by atoms with Crippen molar-refractivity contribution in [2.75, 3.05) is 7.11 Å². The van der Waals surface area contributed by atoms with Gasteiger partial charge in [-0.2, -0.15) is 0 Å². The molecule has 2 rings (SSSR count). The molecule has 2 aliphatic rings. The predicted octanol–water partition coefficient (Wildman–Crippen LogP) is 4.80. The van der Waals surface area contributed by atoms with Crippen LogP contribution in [0.25, 0.3) is 0 Å². The zero-order valence-corrected chi connectivity index (χ0v) is 11.8. The van der Waals surface area contributed by atoms with E-state index in [0.29, 0.717) is 6.10 Å². The van der Waals surface area contributed by atoms with Gasteiger partial charge in [0.15, 0.2) is 0 Å². The second-order valence-electron chi connectivity index (χ2n) is 6.34. The van der Waals surface area contributed by atoms with E-state index in [4.69, 9.17) is 4.74 Å². The fourth-order valence-electron chi connectivity index (χ4n) is 4.15. The first-order chi connectivity index (χ1) is 8.33. The highest BCUT2D eigenvalue weighted by Crippen LogP contribution is 2.41. The van der Waals surface area contributed by atoms with Gasteiger partial charge in [0.1, 0.15) is 0 Å². The van der Waals surface area contributed by atoms with Gasteiger partial charge in [-0.25, -0.2) is 0 Å². The molecule has 0 aliphatic heterocycles. The van der Waals surface area contributed by atoms with Crippen molar-refractivity contribution in [3.8, 4) is 0 Å². The van der Waals surface area contributed by atoms with E-state index in [9.17, 15) is 0 Å². The van der Waals surface area contributed by atoms with E-state index in [-0.39, 0.29) is 0 Å². The summed E-state index contributed by atoms with van der Waals surface area (Å²) in [5, 5.41) is 0. The highest BCUT2D eigenvalue weighted by molar-refractivity contribution is 4.82. The average molecular weight is 238 g/mol. The SMILES string of the molecule is CCC[C@H]1CC[C@H](C2CCC(OC)CC2)CC1. The molecule has 0 bridgehead atoms. The van der Waals surface area contributed by atoms with Gasteiger partial charge >= 0.3 is 0 Å². The van der Waals surface area contributed by atoms with E-state index in [1.807, 2.05) is 7.11 Å². The van der Waals surface area contributed by atoms with Gasteiger partial charge in [-0.15, -0.1) is 0 Å². The first-order valence-corrected chi connectivity index (χ1v) is 7.86. The summed E-state index contributed by atoms with van der Waals surface area (Å²) in [5.41, 5.74) is 0. The minimum atomic E-state index is 0.572. The van der Waals surface area contributed by atoms with Gasteiger partial charge in [0.2, 0.25) is 0 Å². The monoisotopic (exact) mass is 238 g/mol. The lowest BCUT2D eigenvalue weighted by molar-refractivity contribution is 0.0392. The molecule has 0 heterocycles. The molecule has 0 unspecified atom stereocenters. The van der Waals surface area contributed by atoms with Crippen molar-refractivity contribution < 1.29 is 4.74 Å². The van der Waals surface area contributed by atoms with Crippen LogP contribution < -0.4 is 0 Å². The number of methoxy groups -OCH3 is 1. The molecule has 0 radical (unpaired) electrons. The summed E-state index contributed by atoms with van der Waals surface area (Å²) in [7, 11) is 1.88. The third-order valence-corrected chi connectivity index (χ3v) is 5.31. The molecule has 0 N–H and O–H groups in total. The van der Waals surface area contributed by atoms with Crippen molar-refractivity contribution in [2.24, 2.45) is 17.8 Å². The van der Waals surface area contributed by atoms with E-state index in [0.717, 1.165) is 17.8 Å².